The molecule has 1 unspecified atom stereocenters. The molecule has 0 aliphatic rings. The van der Waals surface area contributed by atoms with Gasteiger partial charge in [-0.05, 0) is 24.6 Å². The van der Waals surface area contributed by atoms with E-state index in [2.05, 4.69) is 16.0 Å². The minimum absolute atomic E-state index is 0. The number of primary amides is 1. The van der Waals surface area contributed by atoms with Crippen molar-refractivity contribution in [1.82, 2.24) is 10.6 Å². The van der Waals surface area contributed by atoms with E-state index in [1.807, 2.05) is 38.1 Å². The van der Waals surface area contributed by atoms with Crippen LogP contribution < -0.4 is 21.7 Å². The lowest BCUT2D eigenvalue weighted by atomic mass is 10.1. The molecule has 1 aromatic carbocycles. The van der Waals surface area contributed by atoms with Gasteiger partial charge in [-0.3, -0.25) is 4.79 Å². The smallest absolute Gasteiger partial charge is 0.312 e. The van der Waals surface area contributed by atoms with Gasteiger partial charge in [0.1, 0.15) is 6.04 Å². The molecule has 6 nitrogen and oxygen atoms in total. The Bertz CT molecular complexity index is 497. The molecule has 5 N–H and O–H groups in total. The molecule has 7 heteroatoms. The van der Waals surface area contributed by atoms with Crippen LogP contribution in [0.5, 0.6) is 0 Å². The van der Waals surface area contributed by atoms with Crippen molar-refractivity contribution in [2.75, 3.05) is 11.9 Å². The highest BCUT2D eigenvalue weighted by molar-refractivity contribution is 5.97. The molecule has 0 spiro atoms. The predicted octanol–water partition coefficient (Wildman–Crippen LogP) is 2.38. The van der Waals surface area contributed by atoms with Crippen LogP contribution in [-0.2, 0) is 11.3 Å². The molecule has 0 aromatic heterocycles. The summed E-state index contributed by atoms with van der Waals surface area (Å²) in [7, 11) is 0. The van der Waals surface area contributed by atoms with Crippen LogP contribution >= 0.6 is 12.4 Å². The van der Waals surface area contributed by atoms with E-state index in [4.69, 9.17) is 5.73 Å². The van der Waals surface area contributed by atoms with Crippen molar-refractivity contribution in [1.29, 1.82) is 0 Å². The molecule has 0 heterocycles. The van der Waals surface area contributed by atoms with Gasteiger partial charge < -0.3 is 21.7 Å². The van der Waals surface area contributed by atoms with Gasteiger partial charge in [-0.25, -0.2) is 4.79 Å². The largest absolute Gasteiger partial charge is 0.352 e. The molecular formula is C16H27ClN4O2. The van der Waals surface area contributed by atoms with E-state index in [-0.39, 0.29) is 18.3 Å². The summed E-state index contributed by atoms with van der Waals surface area (Å²) in [6.45, 7) is 5.59. The number of unbranched alkanes of at least 4 members (excludes halogenated alkanes) is 1. The van der Waals surface area contributed by atoms with E-state index in [1.165, 1.54) is 0 Å². The number of nitrogens with one attached hydrogen (secondary N) is 3. The maximum Gasteiger partial charge on any atom is 0.312 e. The van der Waals surface area contributed by atoms with Crippen molar-refractivity contribution < 1.29 is 9.59 Å². The number of rotatable bonds is 9. The fourth-order valence-corrected chi connectivity index (χ4v) is 2.12. The van der Waals surface area contributed by atoms with Crippen LogP contribution in [0.15, 0.2) is 24.3 Å². The summed E-state index contributed by atoms with van der Waals surface area (Å²) in [6.07, 6.45) is 2.36. The zero-order chi connectivity index (χ0) is 16.4. The second-order valence-electron chi connectivity index (χ2n) is 5.13. The minimum atomic E-state index is -0.683. The van der Waals surface area contributed by atoms with Crippen molar-refractivity contribution in [2.45, 2.75) is 45.7 Å². The molecule has 23 heavy (non-hydrogen) atoms. The number of halogens is 1. The van der Waals surface area contributed by atoms with Gasteiger partial charge in [-0.15, -0.1) is 12.4 Å². The number of nitrogens with two attached hydrogens (primary N) is 1. The van der Waals surface area contributed by atoms with E-state index in [9.17, 15) is 9.59 Å². The second-order valence-corrected chi connectivity index (χ2v) is 5.13. The molecule has 0 fully saturated rings. The fourth-order valence-electron chi connectivity index (χ4n) is 2.12. The third-order valence-corrected chi connectivity index (χ3v) is 3.32. The third-order valence-electron chi connectivity index (χ3n) is 3.32. The van der Waals surface area contributed by atoms with Crippen LogP contribution in [0.1, 0.15) is 38.7 Å². The van der Waals surface area contributed by atoms with Crippen LogP contribution in [0, 0.1) is 0 Å². The summed E-state index contributed by atoms with van der Waals surface area (Å²) >= 11 is 0. The molecule has 1 rings (SSSR count). The Balaban J connectivity index is 0.00000484. The molecule has 0 aliphatic heterocycles. The van der Waals surface area contributed by atoms with E-state index in [1.54, 1.807) is 0 Å². The standard InChI is InChI=1S/C16H26N4O2.ClH/c1-3-5-9-14(20-16(17)22)15(21)19-13-10-7-6-8-12(13)11-18-4-2;/h6-8,10,14,18H,3-5,9,11H2,1-2H3,(H,19,21)(H3,17,20,22);1H. The Morgan fingerprint density at radius 2 is 1.91 bits per heavy atom. The number of hydrogen-bond donors (Lipinski definition) is 4. The number of amides is 3. The molecule has 0 saturated carbocycles. The SMILES string of the molecule is CCCCC(NC(N)=O)C(=O)Nc1ccccc1CNCC.Cl. The second kappa shape index (κ2) is 11.7. The van der Waals surface area contributed by atoms with Crippen molar-refractivity contribution in [2.24, 2.45) is 5.73 Å². The first-order chi connectivity index (χ1) is 10.6. The highest BCUT2D eigenvalue weighted by Gasteiger charge is 2.19. The van der Waals surface area contributed by atoms with E-state index in [0.717, 1.165) is 30.6 Å². The molecule has 3 amide bonds. The summed E-state index contributed by atoms with van der Waals surface area (Å²) in [6, 6.07) is 6.32. The lowest BCUT2D eigenvalue weighted by Gasteiger charge is -2.18. The topological polar surface area (TPSA) is 96.2 Å². The average Bonchev–Trinajstić information content (AvgIpc) is 2.50. The Labute approximate surface area is 144 Å². The highest BCUT2D eigenvalue weighted by atomic mass is 35.5. The molecular weight excluding hydrogens is 316 g/mol. The monoisotopic (exact) mass is 342 g/mol. The summed E-state index contributed by atoms with van der Waals surface area (Å²) < 4.78 is 0. The number of urea groups is 1. The van der Waals surface area contributed by atoms with Crippen LogP contribution in [0.2, 0.25) is 0 Å². The lowest BCUT2D eigenvalue weighted by molar-refractivity contribution is -0.118. The fraction of sp³-hybridized carbons (Fsp3) is 0.500. The maximum absolute atomic E-state index is 12.4. The van der Waals surface area contributed by atoms with Crippen molar-refractivity contribution in [3.63, 3.8) is 0 Å². The lowest BCUT2D eigenvalue weighted by Crippen LogP contribution is -2.46. The van der Waals surface area contributed by atoms with Crippen LogP contribution in [0.4, 0.5) is 10.5 Å². The van der Waals surface area contributed by atoms with E-state index < -0.39 is 12.1 Å². The molecule has 130 valence electrons. The van der Waals surface area contributed by atoms with Crippen molar-refractivity contribution in [3.8, 4) is 0 Å². The zero-order valence-electron chi connectivity index (χ0n) is 13.7. The first kappa shape index (κ1) is 21.2. The number of para-hydroxylation sites is 1. The molecule has 0 radical (unpaired) electrons. The van der Waals surface area contributed by atoms with Gasteiger partial charge in [0.25, 0.3) is 0 Å². The quantitative estimate of drug-likeness (QED) is 0.554. The summed E-state index contributed by atoms with van der Waals surface area (Å²) in [4.78, 5) is 23.4. The van der Waals surface area contributed by atoms with Gasteiger partial charge in [0.05, 0.1) is 0 Å². The zero-order valence-corrected chi connectivity index (χ0v) is 14.5. The first-order valence-electron chi connectivity index (χ1n) is 7.73. The summed E-state index contributed by atoms with van der Waals surface area (Å²) in [5.41, 5.74) is 6.91. The number of carbonyl (C=O) groups is 2. The number of benzene rings is 1. The molecule has 0 aliphatic carbocycles. The van der Waals surface area contributed by atoms with Crippen molar-refractivity contribution in [3.05, 3.63) is 29.8 Å². The Kier molecular flexibility index (Phi) is 10.8. The van der Waals surface area contributed by atoms with E-state index in [0.29, 0.717) is 13.0 Å². The summed E-state index contributed by atoms with van der Waals surface area (Å²) in [5.74, 6) is -0.240. The van der Waals surface area contributed by atoms with Crippen LogP contribution in [0.25, 0.3) is 0 Å². The highest BCUT2D eigenvalue weighted by Crippen LogP contribution is 2.15. The van der Waals surface area contributed by atoms with Gasteiger partial charge in [-0.1, -0.05) is 44.9 Å². The normalized spacial score (nSPS) is 11.2. The number of anilines is 1. The third kappa shape index (κ3) is 7.85. The molecule has 1 aromatic rings. The Hall–Kier alpha value is -1.79. The number of hydrogen-bond acceptors (Lipinski definition) is 3. The van der Waals surface area contributed by atoms with Gasteiger partial charge >= 0.3 is 6.03 Å². The predicted molar refractivity (Wildman–Crippen MR) is 95.7 cm³/mol. The van der Waals surface area contributed by atoms with Crippen molar-refractivity contribution >= 4 is 30.0 Å². The first-order valence-corrected chi connectivity index (χ1v) is 7.73. The van der Waals surface area contributed by atoms with Crippen LogP contribution in [0.3, 0.4) is 0 Å². The van der Waals surface area contributed by atoms with Gasteiger partial charge in [0.15, 0.2) is 0 Å². The molecule has 1 atom stereocenters. The average molecular weight is 343 g/mol. The molecule has 0 bridgehead atoms. The molecule has 0 saturated heterocycles. The Morgan fingerprint density at radius 3 is 2.52 bits per heavy atom. The Morgan fingerprint density at radius 1 is 1.22 bits per heavy atom. The number of carbonyl (C=O) groups excluding carboxylic acids is 2. The summed E-state index contributed by atoms with van der Waals surface area (Å²) in [5, 5.41) is 8.63. The van der Waals surface area contributed by atoms with Gasteiger partial charge in [0, 0.05) is 12.2 Å². The van der Waals surface area contributed by atoms with E-state index >= 15 is 0 Å². The maximum atomic E-state index is 12.4. The van der Waals surface area contributed by atoms with Gasteiger partial charge in [0.2, 0.25) is 5.91 Å². The van der Waals surface area contributed by atoms with Gasteiger partial charge in [-0.2, -0.15) is 0 Å². The van der Waals surface area contributed by atoms with Crippen LogP contribution in [-0.4, -0.2) is 24.5 Å². The minimum Gasteiger partial charge on any atom is -0.352 e.